The van der Waals surface area contributed by atoms with Crippen LogP contribution < -0.4 is 15.4 Å². The van der Waals surface area contributed by atoms with Gasteiger partial charge in [-0.2, -0.15) is 0 Å². The molecule has 2 aromatic rings. The second-order valence-corrected chi connectivity index (χ2v) is 6.63. The first-order valence-corrected chi connectivity index (χ1v) is 8.61. The Bertz CT molecular complexity index is 688. The van der Waals surface area contributed by atoms with Crippen LogP contribution in [-0.2, 0) is 11.2 Å². The molecule has 7 heteroatoms. The number of benzene rings is 1. The van der Waals surface area contributed by atoms with Crippen LogP contribution in [0.4, 0.5) is 0 Å². The zero-order chi connectivity index (χ0) is 16.2. The lowest BCUT2D eigenvalue weighted by molar-refractivity contribution is -0.121. The first-order valence-electron chi connectivity index (χ1n) is 7.79. The summed E-state index contributed by atoms with van der Waals surface area (Å²) in [6.45, 7) is 0.343. The number of methoxy groups -OCH3 is 1. The Morgan fingerprint density at radius 1 is 1.38 bits per heavy atom. The van der Waals surface area contributed by atoms with Gasteiger partial charge in [0.2, 0.25) is 5.91 Å². The van der Waals surface area contributed by atoms with E-state index in [1.807, 2.05) is 24.3 Å². The molecule has 0 fully saturated rings. The van der Waals surface area contributed by atoms with Gasteiger partial charge in [-0.25, -0.2) is 4.98 Å². The summed E-state index contributed by atoms with van der Waals surface area (Å²) in [7, 11) is 3.44. The van der Waals surface area contributed by atoms with E-state index in [0.29, 0.717) is 6.54 Å². The van der Waals surface area contributed by atoms with Crippen LogP contribution >= 0.6 is 23.7 Å². The number of nitrogens with zero attached hydrogens (tertiary/aromatic N) is 1. The number of hydrogen-bond donors (Lipinski definition) is 2. The van der Waals surface area contributed by atoms with Gasteiger partial charge in [-0.05, 0) is 50.6 Å². The number of halogens is 1. The van der Waals surface area contributed by atoms with Gasteiger partial charge in [0.1, 0.15) is 10.8 Å². The van der Waals surface area contributed by atoms with Crippen molar-refractivity contribution < 1.29 is 9.53 Å². The van der Waals surface area contributed by atoms with Gasteiger partial charge in [-0.15, -0.1) is 23.7 Å². The third-order valence-electron chi connectivity index (χ3n) is 3.96. The number of ether oxygens (including phenoxy) is 1. The average molecular weight is 368 g/mol. The SMILES string of the molecule is CNCC(=O)NC1CCCc2nc(-c3ccc(OC)cc3)sc21.Cl. The maximum atomic E-state index is 11.9. The number of thiazole rings is 1. The van der Waals surface area contributed by atoms with Crippen molar-refractivity contribution in [2.45, 2.75) is 25.3 Å². The van der Waals surface area contributed by atoms with E-state index in [1.54, 1.807) is 25.5 Å². The maximum absolute atomic E-state index is 11.9. The number of amides is 1. The maximum Gasteiger partial charge on any atom is 0.234 e. The summed E-state index contributed by atoms with van der Waals surface area (Å²) in [4.78, 5) is 17.9. The van der Waals surface area contributed by atoms with Crippen molar-refractivity contribution in [3.05, 3.63) is 34.8 Å². The minimum absolute atomic E-state index is 0. The molecule has 1 aromatic heterocycles. The van der Waals surface area contributed by atoms with Crippen molar-refractivity contribution in [2.24, 2.45) is 0 Å². The lowest BCUT2D eigenvalue weighted by Gasteiger charge is -2.22. The van der Waals surface area contributed by atoms with E-state index >= 15 is 0 Å². The van der Waals surface area contributed by atoms with Crippen LogP contribution in [0.3, 0.4) is 0 Å². The fourth-order valence-electron chi connectivity index (χ4n) is 2.82. The molecule has 1 amide bonds. The Morgan fingerprint density at radius 3 is 2.79 bits per heavy atom. The number of carbonyl (C=O) groups is 1. The predicted molar refractivity (Wildman–Crippen MR) is 99.1 cm³/mol. The van der Waals surface area contributed by atoms with Crippen molar-refractivity contribution in [2.75, 3.05) is 20.7 Å². The molecule has 0 aliphatic heterocycles. The molecule has 1 aliphatic rings. The van der Waals surface area contributed by atoms with Crippen LogP contribution in [0.25, 0.3) is 10.6 Å². The molecule has 130 valence electrons. The normalized spacial score (nSPS) is 16.0. The predicted octanol–water partition coefficient (Wildman–Crippen LogP) is 2.95. The van der Waals surface area contributed by atoms with Crippen molar-refractivity contribution >= 4 is 29.7 Å². The minimum Gasteiger partial charge on any atom is -0.497 e. The Balaban J connectivity index is 0.00000208. The van der Waals surface area contributed by atoms with E-state index in [2.05, 4.69) is 10.6 Å². The van der Waals surface area contributed by atoms with Crippen molar-refractivity contribution in [1.82, 2.24) is 15.6 Å². The third-order valence-corrected chi connectivity index (χ3v) is 5.22. The van der Waals surface area contributed by atoms with Crippen molar-refractivity contribution in [3.8, 4) is 16.3 Å². The molecule has 3 rings (SSSR count). The molecule has 0 bridgehead atoms. The fraction of sp³-hybridized carbons (Fsp3) is 0.412. The summed E-state index contributed by atoms with van der Waals surface area (Å²) in [6.07, 6.45) is 3.02. The minimum atomic E-state index is 0. The molecule has 0 saturated heterocycles. The molecule has 0 saturated carbocycles. The lowest BCUT2D eigenvalue weighted by atomic mass is 9.98. The van der Waals surface area contributed by atoms with Crippen LogP contribution in [0.1, 0.15) is 29.5 Å². The molecule has 1 heterocycles. The van der Waals surface area contributed by atoms with Crippen LogP contribution in [0, 0.1) is 0 Å². The number of aryl methyl sites for hydroxylation is 1. The quantitative estimate of drug-likeness (QED) is 0.852. The number of likely N-dealkylation sites (N-methyl/N-ethyl adjacent to an activating group) is 1. The molecule has 24 heavy (non-hydrogen) atoms. The van der Waals surface area contributed by atoms with E-state index in [-0.39, 0.29) is 24.4 Å². The van der Waals surface area contributed by atoms with Crippen LogP contribution in [-0.4, -0.2) is 31.6 Å². The monoisotopic (exact) mass is 367 g/mol. The molecule has 5 nitrogen and oxygen atoms in total. The number of fused-ring (bicyclic) bond motifs is 1. The average Bonchev–Trinajstić information content (AvgIpc) is 3.00. The third kappa shape index (κ3) is 4.06. The molecule has 1 aromatic carbocycles. The lowest BCUT2D eigenvalue weighted by Crippen LogP contribution is -2.36. The summed E-state index contributed by atoms with van der Waals surface area (Å²) in [5.74, 6) is 0.872. The Labute approximate surface area is 152 Å². The van der Waals surface area contributed by atoms with E-state index in [1.165, 1.54) is 4.88 Å². The van der Waals surface area contributed by atoms with Gasteiger partial charge in [-0.3, -0.25) is 4.79 Å². The number of aromatic nitrogens is 1. The Morgan fingerprint density at radius 2 is 2.12 bits per heavy atom. The molecular formula is C17H22ClN3O2S. The number of hydrogen-bond acceptors (Lipinski definition) is 5. The van der Waals surface area contributed by atoms with E-state index in [4.69, 9.17) is 9.72 Å². The Kier molecular flexibility index (Phi) is 6.60. The molecule has 0 radical (unpaired) electrons. The van der Waals surface area contributed by atoms with E-state index < -0.39 is 0 Å². The van der Waals surface area contributed by atoms with Gasteiger partial charge in [0, 0.05) is 5.56 Å². The summed E-state index contributed by atoms with van der Waals surface area (Å²) >= 11 is 1.68. The van der Waals surface area contributed by atoms with E-state index in [9.17, 15) is 4.79 Å². The highest BCUT2D eigenvalue weighted by Crippen LogP contribution is 2.38. The number of nitrogens with one attached hydrogen (secondary N) is 2. The standard InChI is InChI=1S/C17H21N3O2S.ClH/c1-18-10-15(21)19-13-4-3-5-14-16(13)23-17(20-14)11-6-8-12(22-2)9-7-11;/h6-9,13,18H,3-5,10H2,1-2H3,(H,19,21);1H. The van der Waals surface area contributed by atoms with Gasteiger partial charge in [0.15, 0.2) is 0 Å². The Hall–Kier alpha value is -1.63. The fourth-order valence-corrected chi connectivity index (χ4v) is 4.02. The highest BCUT2D eigenvalue weighted by molar-refractivity contribution is 7.15. The molecule has 1 unspecified atom stereocenters. The first kappa shape index (κ1) is 18.7. The second kappa shape index (κ2) is 8.46. The van der Waals surface area contributed by atoms with Crippen molar-refractivity contribution in [3.63, 3.8) is 0 Å². The number of rotatable bonds is 5. The van der Waals surface area contributed by atoms with Gasteiger partial charge in [0.25, 0.3) is 0 Å². The smallest absolute Gasteiger partial charge is 0.234 e. The zero-order valence-corrected chi connectivity index (χ0v) is 15.4. The van der Waals surface area contributed by atoms with Crippen LogP contribution in [0.15, 0.2) is 24.3 Å². The summed E-state index contributed by atoms with van der Waals surface area (Å²) in [6, 6.07) is 8.03. The van der Waals surface area contributed by atoms with E-state index in [0.717, 1.165) is 41.3 Å². The summed E-state index contributed by atoms with van der Waals surface area (Å²) in [5, 5.41) is 7.00. The summed E-state index contributed by atoms with van der Waals surface area (Å²) < 4.78 is 5.20. The molecule has 1 atom stereocenters. The largest absolute Gasteiger partial charge is 0.497 e. The van der Waals surface area contributed by atoms with Crippen LogP contribution in [0.5, 0.6) is 5.75 Å². The molecule has 2 N–H and O–H groups in total. The van der Waals surface area contributed by atoms with Gasteiger partial charge >= 0.3 is 0 Å². The zero-order valence-electron chi connectivity index (χ0n) is 13.8. The summed E-state index contributed by atoms with van der Waals surface area (Å²) in [5.41, 5.74) is 2.22. The second-order valence-electron chi connectivity index (χ2n) is 5.60. The highest BCUT2D eigenvalue weighted by Gasteiger charge is 2.26. The number of carbonyl (C=O) groups excluding carboxylic acids is 1. The first-order chi connectivity index (χ1) is 11.2. The molecule has 0 spiro atoms. The van der Waals surface area contributed by atoms with Gasteiger partial charge < -0.3 is 15.4 Å². The van der Waals surface area contributed by atoms with Crippen LogP contribution in [0.2, 0.25) is 0 Å². The topological polar surface area (TPSA) is 63.2 Å². The van der Waals surface area contributed by atoms with Gasteiger partial charge in [0.05, 0.1) is 30.3 Å². The molecular weight excluding hydrogens is 346 g/mol. The van der Waals surface area contributed by atoms with Gasteiger partial charge in [-0.1, -0.05) is 0 Å². The highest BCUT2D eigenvalue weighted by atomic mass is 35.5. The van der Waals surface area contributed by atoms with Crippen molar-refractivity contribution in [1.29, 1.82) is 0 Å². The molecule has 1 aliphatic carbocycles.